The van der Waals surface area contributed by atoms with Gasteiger partial charge in [-0.15, -0.1) is 0 Å². The quantitative estimate of drug-likeness (QED) is 0.895. The van der Waals surface area contributed by atoms with Crippen molar-refractivity contribution in [2.45, 2.75) is 19.5 Å². The zero-order valence-corrected chi connectivity index (χ0v) is 10.8. The molecule has 2 aromatic carbocycles. The molecule has 2 aromatic rings. The van der Waals surface area contributed by atoms with Gasteiger partial charge in [-0.2, -0.15) is 0 Å². The van der Waals surface area contributed by atoms with E-state index in [4.69, 9.17) is 5.73 Å². The van der Waals surface area contributed by atoms with Gasteiger partial charge in [0, 0.05) is 25.3 Å². The van der Waals surface area contributed by atoms with E-state index in [-0.39, 0.29) is 5.82 Å². The van der Waals surface area contributed by atoms with Gasteiger partial charge in [0.25, 0.3) is 0 Å². The van der Waals surface area contributed by atoms with Crippen molar-refractivity contribution in [3.8, 4) is 0 Å². The molecule has 3 rings (SSSR count). The third kappa shape index (κ3) is 2.34. The summed E-state index contributed by atoms with van der Waals surface area (Å²) < 4.78 is 13.3. The van der Waals surface area contributed by atoms with Gasteiger partial charge < -0.3 is 10.6 Å². The molecule has 0 unspecified atom stereocenters. The van der Waals surface area contributed by atoms with E-state index in [1.165, 1.54) is 23.3 Å². The molecule has 3 heteroatoms. The average molecular weight is 256 g/mol. The minimum atomic E-state index is -0.221. The summed E-state index contributed by atoms with van der Waals surface area (Å²) >= 11 is 0. The molecule has 0 saturated carbocycles. The Morgan fingerprint density at radius 3 is 2.68 bits per heavy atom. The highest BCUT2D eigenvalue weighted by Gasteiger charge is 2.18. The van der Waals surface area contributed by atoms with E-state index in [9.17, 15) is 4.39 Å². The van der Waals surface area contributed by atoms with E-state index >= 15 is 0 Å². The number of rotatable bonds is 2. The molecule has 2 N–H and O–H groups in total. The zero-order chi connectivity index (χ0) is 13.2. The van der Waals surface area contributed by atoms with E-state index < -0.39 is 0 Å². The molecule has 98 valence electrons. The van der Waals surface area contributed by atoms with Crippen LogP contribution in [0.5, 0.6) is 0 Å². The SMILES string of the molecule is NCc1cc(F)ccc1N1CCc2ccccc2C1. The minimum absolute atomic E-state index is 0.221. The Morgan fingerprint density at radius 2 is 1.89 bits per heavy atom. The van der Waals surface area contributed by atoms with Crippen LogP contribution in [0.3, 0.4) is 0 Å². The summed E-state index contributed by atoms with van der Waals surface area (Å²) in [5, 5.41) is 0. The van der Waals surface area contributed by atoms with Crippen LogP contribution in [0.2, 0.25) is 0 Å². The van der Waals surface area contributed by atoms with Crippen LogP contribution in [-0.4, -0.2) is 6.54 Å². The molecule has 0 radical (unpaired) electrons. The maximum Gasteiger partial charge on any atom is 0.123 e. The van der Waals surface area contributed by atoms with E-state index in [1.54, 1.807) is 0 Å². The second kappa shape index (κ2) is 5.02. The van der Waals surface area contributed by atoms with Crippen LogP contribution < -0.4 is 10.6 Å². The Hall–Kier alpha value is -1.87. The molecule has 2 nitrogen and oxygen atoms in total. The molecule has 0 aliphatic carbocycles. The Labute approximate surface area is 112 Å². The predicted octanol–water partition coefficient (Wildman–Crippen LogP) is 2.85. The maximum atomic E-state index is 13.3. The fraction of sp³-hybridized carbons (Fsp3) is 0.250. The van der Waals surface area contributed by atoms with Gasteiger partial charge >= 0.3 is 0 Å². The molecular formula is C16H17FN2. The van der Waals surface area contributed by atoms with E-state index in [0.717, 1.165) is 30.8 Å². The highest BCUT2D eigenvalue weighted by atomic mass is 19.1. The lowest BCUT2D eigenvalue weighted by Gasteiger charge is -2.32. The number of fused-ring (bicyclic) bond motifs is 1. The maximum absolute atomic E-state index is 13.3. The number of hydrogen-bond acceptors (Lipinski definition) is 2. The first-order valence-electron chi connectivity index (χ1n) is 6.58. The number of halogens is 1. The van der Waals surface area contributed by atoms with Gasteiger partial charge in [0.2, 0.25) is 0 Å². The molecule has 1 aliphatic heterocycles. The van der Waals surface area contributed by atoms with Gasteiger partial charge in [-0.3, -0.25) is 0 Å². The monoisotopic (exact) mass is 256 g/mol. The summed E-state index contributed by atoms with van der Waals surface area (Å²) in [5.41, 5.74) is 10.4. The molecule has 1 heterocycles. The third-order valence-corrected chi connectivity index (χ3v) is 3.73. The number of benzene rings is 2. The van der Waals surface area contributed by atoms with Crippen molar-refractivity contribution in [1.82, 2.24) is 0 Å². The Bertz CT molecular complexity index is 595. The predicted molar refractivity (Wildman–Crippen MR) is 75.5 cm³/mol. The number of nitrogens with zero attached hydrogens (tertiary/aromatic N) is 1. The normalized spacial score (nSPS) is 14.3. The van der Waals surface area contributed by atoms with Crippen molar-refractivity contribution >= 4 is 5.69 Å². The van der Waals surface area contributed by atoms with E-state index in [1.807, 2.05) is 6.07 Å². The Balaban J connectivity index is 1.93. The largest absolute Gasteiger partial charge is 0.367 e. The summed E-state index contributed by atoms with van der Waals surface area (Å²) in [6, 6.07) is 13.4. The van der Waals surface area contributed by atoms with Crippen molar-refractivity contribution < 1.29 is 4.39 Å². The van der Waals surface area contributed by atoms with Crippen molar-refractivity contribution in [3.63, 3.8) is 0 Å². The summed E-state index contributed by atoms with van der Waals surface area (Å²) in [6.07, 6.45) is 1.03. The van der Waals surface area contributed by atoms with Crippen LogP contribution in [0.25, 0.3) is 0 Å². The molecule has 0 aromatic heterocycles. The summed E-state index contributed by atoms with van der Waals surface area (Å²) in [6.45, 7) is 2.19. The lowest BCUT2D eigenvalue weighted by molar-refractivity contribution is 0.624. The highest BCUT2D eigenvalue weighted by molar-refractivity contribution is 5.55. The van der Waals surface area contributed by atoms with Crippen LogP contribution in [0.1, 0.15) is 16.7 Å². The first-order chi connectivity index (χ1) is 9.28. The van der Waals surface area contributed by atoms with Gasteiger partial charge in [0.15, 0.2) is 0 Å². The summed E-state index contributed by atoms with van der Waals surface area (Å²) in [4.78, 5) is 2.28. The van der Waals surface area contributed by atoms with Crippen LogP contribution in [0.15, 0.2) is 42.5 Å². The number of nitrogens with two attached hydrogens (primary N) is 1. The fourth-order valence-electron chi connectivity index (χ4n) is 2.73. The molecule has 0 spiro atoms. The summed E-state index contributed by atoms with van der Waals surface area (Å²) in [7, 11) is 0. The molecule has 19 heavy (non-hydrogen) atoms. The first kappa shape index (κ1) is 12.2. The standard InChI is InChI=1S/C16H17FN2/c17-15-5-6-16(14(9-15)10-18)19-8-7-12-3-1-2-4-13(12)11-19/h1-6,9H,7-8,10-11,18H2. The van der Waals surface area contributed by atoms with Crippen molar-refractivity contribution in [1.29, 1.82) is 0 Å². The highest BCUT2D eigenvalue weighted by Crippen LogP contribution is 2.27. The topological polar surface area (TPSA) is 29.3 Å². The zero-order valence-electron chi connectivity index (χ0n) is 10.8. The van der Waals surface area contributed by atoms with Crippen molar-refractivity contribution in [2.75, 3.05) is 11.4 Å². The fourth-order valence-corrected chi connectivity index (χ4v) is 2.73. The lowest BCUT2D eigenvalue weighted by Crippen LogP contribution is -2.31. The molecule has 0 atom stereocenters. The molecule has 0 amide bonds. The van der Waals surface area contributed by atoms with Gasteiger partial charge in [-0.25, -0.2) is 4.39 Å². The van der Waals surface area contributed by atoms with E-state index in [0.29, 0.717) is 6.54 Å². The molecule has 0 fully saturated rings. The third-order valence-electron chi connectivity index (χ3n) is 3.73. The average Bonchev–Trinajstić information content (AvgIpc) is 2.46. The molecule has 0 bridgehead atoms. The van der Waals surface area contributed by atoms with Crippen LogP contribution >= 0.6 is 0 Å². The molecule has 1 aliphatic rings. The molecule has 0 saturated heterocycles. The van der Waals surface area contributed by atoms with Gasteiger partial charge in [0.05, 0.1) is 0 Å². The smallest absolute Gasteiger partial charge is 0.123 e. The minimum Gasteiger partial charge on any atom is -0.367 e. The van der Waals surface area contributed by atoms with Crippen LogP contribution in [0.4, 0.5) is 10.1 Å². The Morgan fingerprint density at radius 1 is 1.11 bits per heavy atom. The first-order valence-corrected chi connectivity index (χ1v) is 6.58. The summed E-state index contributed by atoms with van der Waals surface area (Å²) in [5.74, 6) is -0.221. The van der Waals surface area contributed by atoms with Crippen LogP contribution in [-0.2, 0) is 19.5 Å². The van der Waals surface area contributed by atoms with Gasteiger partial charge in [-0.1, -0.05) is 24.3 Å². The second-order valence-electron chi connectivity index (χ2n) is 4.92. The van der Waals surface area contributed by atoms with Gasteiger partial charge in [0.1, 0.15) is 5.82 Å². The Kier molecular flexibility index (Phi) is 3.22. The number of anilines is 1. The second-order valence-corrected chi connectivity index (χ2v) is 4.92. The number of hydrogen-bond donors (Lipinski definition) is 1. The van der Waals surface area contributed by atoms with E-state index in [2.05, 4.69) is 29.2 Å². The molecular weight excluding hydrogens is 239 g/mol. The van der Waals surface area contributed by atoms with Crippen LogP contribution in [0, 0.1) is 5.82 Å². The van der Waals surface area contributed by atoms with Crippen molar-refractivity contribution in [2.24, 2.45) is 5.73 Å². The van der Waals surface area contributed by atoms with Gasteiger partial charge in [-0.05, 0) is 41.3 Å². The lowest BCUT2D eigenvalue weighted by atomic mass is 9.98. The van der Waals surface area contributed by atoms with Crippen molar-refractivity contribution in [3.05, 3.63) is 65.0 Å².